The third kappa shape index (κ3) is 3.23. The smallest absolute Gasteiger partial charge is 0.333 e. The first-order valence-electron chi connectivity index (χ1n) is 8.53. The van der Waals surface area contributed by atoms with Crippen LogP contribution in [0.25, 0.3) is 16.7 Å². The zero-order chi connectivity index (χ0) is 20.7. The van der Waals surface area contributed by atoms with E-state index in [9.17, 15) is 18.8 Å². The molecule has 1 amide bonds. The van der Waals surface area contributed by atoms with E-state index in [-0.39, 0.29) is 22.3 Å². The maximum atomic E-state index is 13.8. The van der Waals surface area contributed by atoms with Gasteiger partial charge in [-0.2, -0.15) is 0 Å². The Bertz CT molecular complexity index is 1370. The minimum Gasteiger partial charge on any atom is -0.344 e. The van der Waals surface area contributed by atoms with E-state index >= 15 is 0 Å². The molecule has 2 aromatic heterocycles. The van der Waals surface area contributed by atoms with Gasteiger partial charge < -0.3 is 14.9 Å². The van der Waals surface area contributed by atoms with Gasteiger partial charge in [0.15, 0.2) is 0 Å². The molecule has 0 aliphatic heterocycles. The molecule has 0 fully saturated rings. The molecule has 0 saturated carbocycles. The molecule has 0 aliphatic rings. The van der Waals surface area contributed by atoms with Crippen LogP contribution in [0.5, 0.6) is 0 Å². The summed E-state index contributed by atoms with van der Waals surface area (Å²) >= 11 is 5.87. The highest BCUT2D eigenvalue weighted by Gasteiger charge is 2.20. The summed E-state index contributed by atoms with van der Waals surface area (Å²) in [6.45, 7) is 0. The van der Waals surface area contributed by atoms with E-state index < -0.39 is 23.0 Å². The maximum absolute atomic E-state index is 13.8. The van der Waals surface area contributed by atoms with Crippen LogP contribution in [0.3, 0.4) is 0 Å². The normalized spacial score (nSPS) is 11.0. The molecule has 2 N–H and O–H groups in total. The van der Waals surface area contributed by atoms with Gasteiger partial charge in [0.1, 0.15) is 11.3 Å². The van der Waals surface area contributed by atoms with Crippen molar-refractivity contribution in [1.82, 2.24) is 14.1 Å². The first-order valence-corrected chi connectivity index (χ1v) is 8.91. The van der Waals surface area contributed by atoms with Crippen molar-refractivity contribution in [3.63, 3.8) is 0 Å². The third-order valence-electron chi connectivity index (χ3n) is 4.47. The summed E-state index contributed by atoms with van der Waals surface area (Å²) in [6, 6.07) is 11.9. The van der Waals surface area contributed by atoms with E-state index in [1.807, 2.05) is 0 Å². The summed E-state index contributed by atoms with van der Waals surface area (Å²) in [5.41, 5.74) is -0.745. The second kappa shape index (κ2) is 7.06. The van der Waals surface area contributed by atoms with Crippen LogP contribution in [0, 0.1) is 5.82 Å². The highest BCUT2D eigenvalue weighted by molar-refractivity contribution is 6.30. The van der Waals surface area contributed by atoms with E-state index in [1.165, 1.54) is 29.0 Å². The van der Waals surface area contributed by atoms with E-state index in [0.29, 0.717) is 10.7 Å². The molecule has 0 unspecified atom stereocenters. The molecule has 0 radical (unpaired) electrons. The number of hydrogen-bond donors (Lipinski definition) is 2. The number of rotatable bonds is 3. The number of aryl methyl sites for hydroxylation is 1. The highest BCUT2D eigenvalue weighted by atomic mass is 35.5. The van der Waals surface area contributed by atoms with E-state index in [2.05, 4.69) is 10.3 Å². The SMILES string of the molecule is Cn1cc(C(=O)Nc2ccccc2F)c2[nH]c(=O)n(-c3ccc(Cl)cc3)c(=O)c21. The van der Waals surface area contributed by atoms with Crippen LogP contribution in [-0.2, 0) is 7.05 Å². The molecule has 0 aliphatic carbocycles. The first kappa shape index (κ1) is 18.7. The number of nitrogens with zero attached hydrogens (tertiary/aromatic N) is 2. The molecule has 2 aromatic carbocycles. The van der Waals surface area contributed by atoms with Crippen molar-refractivity contribution in [1.29, 1.82) is 0 Å². The quantitative estimate of drug-likeness (QED) is 0.542. The fraction of sp³-hybridized carbons (Fsp3) is 0.0500. The second-order valence-electron chi connectivity index (χ2n) is 6.36. The van der Waals surface area contributed by atoms with Gasteiger partial charge in [-0.1, -0.05) is 23.7 Å². The fourth-order valence-electron chi connectivity index (χ4n) is 3.12. The molecule has 146 valence electrons. The summed E-state index contributed by atoms with van der Waals surface area (Å²) < 4.78 is 16.2. The second-order valence-corrected chi connectivity index (χ2v) is 6.79. The number of hydrogen-bond acceptors (Lipinski definition) is 3. The van der Waals surface area contributed by atoms with Gasteiger partial charge in [-0.15, -0.1) is 0 Å². The Balaban J connectivity index is 1.86. The van der Waals surface area contributed by atoms with Crippen LogP contribution in [0.4, 0.5) is 10.1 Å². The highest BCUT2D eigenvalue weighted by Crippen LogP contribution is 2.19. The zero-order valence-corrected chi connectivity index (χ0v) is 15.8. The van der Waals surface area contributed by atoms with Crippen LogP contribution < -0.4 is 16.6 Å². The summed E-state index contributed by atoms with van der Waals surface area (Å²) in [7, 11) is 1.58. The van der Waals surface area contributed by atoms with Crippen LogP contribution in [-0.4, -0.2) is 20.0 Å². The first-order chi connectivity index (χ1) is 13.9. The molecular formula is C20H14ClFN4O3. The minimum atomic E-state index is -0.712. The predicted molar refractivity (Wildman–Crippen MR) is 108 cm³/mol. The van der Waals surface area contributed by atoms with E-state index in [1.54, 1.807) is 37.4 Å². The third-order valence-corrected chi connectivity index (χ3v) is 4.73. The molecule has 0 saturated heterocycles. The Kier molecular flexibility index (Phi) is 4.56. The summed E-state index contributed by atoms with van der Waals surface area (Å²) in [5, 5.41) is 2.91. The van der Waals surface area contributed by atoms with Gasteiger partial charge in [-0.3, -0.25) is 9.59 Å². The lowest BCUT2D eigenvalue weighted by molar-refractivity contribution is 0.102. The number of amides is 1. The monoisotopic (exact) mass is 412 g/mol. The Labute approximate surface area is 168 Å². The van der Waals surface area contributed by atoms with Crippen LogP contribution in [0.1, 0.15) is 10.4 Å². The number of para-hydroxylation sites is 1. The van der Waals surface area contributed by atoms with Crippen molar-refractivity contribution in [2.45, 2.75) is 0 Å². The average molecular weight is 413 g/mol. The fourth-order valence-corrected chi connectivity index (χ4v) is 3.25. The van der Waals surface area contributed by atoms with E-state index in [0.717, 1.165) is 4.57 Å². The van der Waals surface area contributed by atoms with Gasteiger partial charge in [0, 0.05) is 18.3 Å². The topological polar surface area (TPSA) is 88.9 Å². The Morgan fingerprint density at radius 3 is 2.48 bits per heavy atom. The number of nitrogens with one attached hydrogen (secondary N) is 2. The molecule has 4 rings (SSSR count). The van der Waals surface area contributed by atoms with Crippen LogP contribution in [0.2, 0.25) is 5.02 Å². The molecular weight excluding hydrogens is 399 g/mol. The van der Waals surface area contributed by atoms with Gasteiger partial charge in [0.2, 0.25) is 0 Å². The number of benzene rings is 2. The largest absolute Gasteiger partial charge is 0.344 e. The van der Waals surface area contributed by atoms with Crippen molar-refractivity contribution in [2.24, 2.45) is 7.05 Å². The van der Waals surface area contributed by atoms with Crippen molar-refractivity contribution >= 4 is 34.2 Å². The molecule has 4 aromatic rings. The number of carbonyl (C=O) groups excluding carboxylic acids is 1. The molecule has 2 heterocycles. The lowest BCUT2D eigenvalue weighted by Crippen LogP contribution is -2.34. The van der Waals surface area contributed by atoms with Crippen molar-refractivity contribution in [3.8, 4) is 5.69 Å². The standard InChI is InChI=1S/C20H14ClFN4O3/c1-25-10-13(18(27)23-15-5-3-2-4-14(15)22)16-17(25)19(28)26(20(29)24-16)12-8-6-11(21)7-9-12/h2-10H,1H3,(H,23,27)(H,24,29). The number of H-pyrrole nitrogens is 1. The summed E-state index contributed by atoms with van der Waals surface area (Å²) in [4.78, 5) is 40.9. The number of aromatic nitrogens is 3. The van der Waals surface area contributed by atoms with Crippen LogP contribution >= 0.6 is 11.6 Å². The number of anilines is 1. The lowest BCUT2D eigenvalue weighted by Gasteiger charge is -2.07. The lowest BCUT2D eigenvalue weighted by atomic mass is 10.2. The van der Waals surface area contributed by atoms with Gasteiger partial charge in [-0.25, -0.2) is 13.8 Å². The van der Waals surface area contributed by atoms with E-state index in [4.69, 9.17) is 11.6 Å². The van der Waals surface area contributed by atoms with Crippen LogP contribution in [0.15, 0.2) is 64.3 Å². The maximum Gasteiger partial charge on any atom is 0.333 e. The number of fused-ring (bicyclic) bond motifs is 1. The minimum absolute atomic E-state index is 0.00800. The molecule has 9 heteroatoms. The Morgan fingerprint density at radius 1 is 1.10 bits per heavy atom. The number of aromatic amines is 1. The van der Waals surface area contributed by atoms with Gasteiger partial charge >= 0.3 is 5.69 Å². The molecule has 0 bridgehead atoms. The molecule has 7 nitrogen and oxygen atoms in total. The molecule has 0 spiro atoms. The Morgan fingerprint density at radius 2 is 1.79 bits per heavy atom. The van der Waals surface area contributed by atoms with Crippen molar-refractivity contribution in [2.75, 3.05) is 5.32 Å². The zero-order valence-electron chi connectivity index (χ0n) is 15.1. The van der Waals surface area contributed by atoms with Crippen molar-refractivity contribution in [3.05, 3.63) is 92.0 Å². The molecule has 0 atom stereocenters. The van der Waals surface area contributed by atoms with Gasteiger partial charge in [0.25, 0.3) is 11.5 Å². The average Bonchev–Trinajstić information content (AvgIpc) is 3.01. The Hall–Kier alpha value is -3.65. The van der Waals surface area contributed by atoms with Gasteiger partial charge in [0.05, 0.1) is 22.5 Å². The summed E-state index contributed by atoms with van der Waals surface area (Å²) in [6.07, 6.45) is 1.41. The predicted octanol–water partition coefficient (Wildman–Crippen LogP) is 3.06. The van der Waals surface area contributed by atoms with Gasteiger partial charge in [-0.05, 0) is 36.4 Å². The molecule has 29 heavy (non-hydrogen) atoms. The summed E-state index contributed by atoms with van der Waals surface area (Å²) in [5.74, 6) is -1.25. The van der Waals surface area contributed by atoms with Crippen molar-refractivity contribution < 1.29 is 9.18 Å². The number of halogens is 2. The number of carbonyl (C=O) groups is 1.